The summed E-state index contributed by atoms with van der Waals surface area (Å²) in [5.41, 5.74) is 2.90. The molecule has 2 amide bonds. The van der Waals surface area contributed by atoms with E-state index < -0.39 is 0 Å². The first kappa shape index (κ1) is 17.7. The largest absolute Gasteiger partial charge is 0.315 e. The van der Waals surface area contributed by atoms with Crippen molar-refractivity contribution in [3.8, 4) is 0 Å². The number of amides is 2. The van der Waals surface area contributed by atoms with E-state index in [9.17, 15) is 9.59 Å². The Hall–Kier alpha value is -2.62. The second-order valence-electron chi connectivity index (χ2n) is 5.73. The highest BCUT2D eigenvalue weighted by atomic mass is 16.2. The lowest BCUT2D eigenvalue weighted by molar-refractivity contribution is -0.118. The number of carbonyl (C=O) groups excluding carboxylic acids is 2. The van der Waals surface area contributed by atoms with Crippen LogP contribution in [0.25, 0.3) is 0 Å². The lowest BCUT2D eigenvalue weighted by atomic mass is 10.1. The first-order valence-electron chi connectivity index (χ1n) is 8.21. The number of nitrogens with zero attached hydrogens (tertiary/aromatic N) is 2. The van der Waals surface area contributed by atoms with Gasteiger partial charge < -0.3 is 9.80 Å². The highest BCUT2D eigenvalue weighted by Crippen LogP contribution is 2.18. The molecule has 4 nitrogen and oxygen atoms in total. The van der Waals surface area contributed by atoms with Crippen molar-refractivity contribution in [2.45, 2.75) is 26.7 Å². The Morgan fingerprint density at radius 1 is 0.917 bits per heavy atom. The van der Waals surface area contributed by atoms with Gasteiger partial charge in [-0.15, -0.1) is 0 Å². The summed E-state index contributed by atoms with van der Waals surface area (Å²) >= 11 is 0. The third kappa shape index (κ3) is 4.44. The molecule has 0 bridgehead atoms. The summed E-state index contributed by atoms with van der Waals surface area (Å²) in [4.78, 5) is 27.6. The van der Waals surface area contributed by atoms with Crippen LogP contribution in [0.3, 0.4) is 0 Å². The Labute approximate surface area is 143 Å². The maximum Gasteiger partial charge on any atom is 0.228 e. The standard InChI is InChI=1S/C20H24N2O2/c1-4-17-10-12-19(13-11-17)22(16(2)23)15-14-20(24)21(3)18-8-6-5-7-9-18/h5-13H,4,14-15H2,1-3H3. The van der Waals surface area contributed by atoms with Gasteiger partial charge in [0.1, 0.15) is 0 Å². The Kier molecular flexibility index (Phi) is 6.13. The Balaban J connectivity index is 2.03. The molecule has 0 unspecified atom stereocenters. The molecule has 24 heavy (non-hydrogen) atoms. The molecule has 0 aliphatic rings. The maximum absolute atomic E-state index is 12.4. The molecule has 2 aromatic carbocycles. The fraction of sp³-hybridized carbons (Fsp3) is 0.300. The number of benzene rings is 2. The first-order valence-corrected chi connectivity index (χ1v) is 8.21. The third-order valence-corrected chi connectivity index (χ3v) is 4.10. The minimum Gasteiger partial charge on any atom is -0.315 e. The van der Waals surface area contributed by atoms with Gasteiger partial charge in [0.05, 0.1) is 0 Å². The highest BCUT2D eigenvalue weighted by molar-refractivity contribution is 5.95. The molecule has 0 saturated heterocycles. The highest BCUT2D eigenvalue weighted by Gasteiger charge is 2.16. The van der Waals surface area contributed by atoms with Gasteiger partial charge in [0.15, 0.2) is 0 Å². The van der Waals surface area contributed by atoms with Crippen molar-refractivity contribution in [1.82, 2.24) is 0 Å². The van der Waals surface area contributed by atoms with Crippen LogP contribution in [-0.2, 0) is 16.0 Å². The Morgan fingerprint density at radius 3 is 2.08 bits per heavy atom. The molecule has 0 spiro atoms. The van der Waals surface area contributed by atoms with Crippen molar-refractivity contribution in [1.29, 1.82) is 0 Å². The van der Waals surface area contributed by atoms with Crippen LogP contribution < -0.4 is 9.80 Å². The molecular weight excluding hydrogens is 300 g/mol. The quantitative estimate of drug-likeness (QED) is 0.814. The van der Waals surface area contributed by atoms with Gasteiger partial charge in [-0.1, -0.05) is 37.3 Å². The van der Waals surface area contributed by atoms with Crippen molar-refractivity contribution >= 4 is 23.2 Å². The molecule has 0 heterocycles. The summed E-state index contributed by atoms with van der Waals surface area (Å²) in [5.74, 6) is -0.0768. The number of hydrogen-bond donors (Lipinski definition) is 0. The zero-order chi connectivity index (χ0) is 17.5. The molecule has 126 valence electrons. The minimum absolute atomic E-state index is 0.0161. The van der Waals surface area contributed by atoms with Gasteiger partial charge in [-0.25, -0.2) is 0 Å². The molecular formula is C20H24N2O2. The number of hydrogen-bond acceptors (Lipinski definition) is 2. The molecule has 0 aromatic heterocycles. The fourth-order valence-electron chi connectivity index (χ4n) is 2.55. The lowest BCUT2D eigenvalue weighted by Crippen LogP contribution is -2.34. The summed E-state index contributed by atoms with van der Waals surface area (Å²) in [6.45, 7) is 3.99. The van der Waals surface area contributed by atoms with Crippen molar-refractivity contribution in [3.05, 3.63) is 60.2 Å². The van der Waals surface area contributed by atoms with E-state index in [0.29, 0.717) is 6.54 Å². The Morgan fingerprint density at radius 2 is 1.54 bits per heavy atom. The van der Waals surface area contributed by atoms with Crippen molar-refractivity contribution in [3.63, 3.8) is 0 Å². The second-order valence-corrected chi connectivity index (χ2v) is 5.73. The third-order valence-electron chi connectivity index (χ3n) is 4.10. The van der Waals surface area contributed by atoms with Gasteiger partial charge in [0.2, 0.25) is 11.8 Å². The molecule has 0 saturated carbocycles. The van der Waals surface area contributed by atoms with Crippen LogP contribution >= 0.6 is 0 Å². The average molecular weight is 324 g/mol. The monoisotopic (exact) mass is 324 g/mol. The van der Waals surface area contributed by atoms with Crippen LogP contribution in [0.15, 0.2) is 54.6 Å². The molecule has 2 rings (SSSR count). The maximum atomic E-state index is 12.4. The summed E-state index contributed by atoms with van der Waals surface area (Å²) in [6.07, 6.45) is 1.24. The van der Waals surface area contributed by atoms with Crippen LogP contribution in [0.4, 0.5) is 11.4 Å². The van der Waals surface area contributed by atoms with E-state index in [0.717, 1.165) is 17.8 Å². The van der Waals surface area contributed by atoms with E-state index in [1.165, 1.54) is 12.5 Å². The van der Waals surface area contributed by atoms with Crippen LogP contribution in [0, 0.1) is 0 Å². The number of rotatable bonds is 6. The van der Waals surface area contributed by atoms with Gasteiger partial charge in [-0.3, -0.25) is 9.59 Å². The zero-order valence-corrected chi connectivity index (χ0v) is 14.5. The van der Waals surface area contributed by atoms with Gasteiger partial charge in [0, 0.05) is 38.3 Å². The van der Waals surface area contributed by atoms with Crippen LogP contribution in [0.5, 0.6) is 0 Å². The summed E-state index contributed by atoms with van der Waals surface area (Å²) in [7, 11) is 1.76. The van der Waals surface area contributed by atoms with Gasteiger partial charge in [0.25, 0.3) is 0 Å². The van der Waals surface area contributed by atoms with Crippen molar-refractivity contribution in [2.24, 2.45) is 0 Å². The SMILES string of the molecule is CCc1ccc(N(CCC(=O)N(C)c2ccccc2)C(C)=O)cc1. The van der Waals surface area contributed by atoms with E-state index in [1.807, 2.05) is 54.6 Å². The van der Waals surface area contributed by atoms with Gasteiger partial charge in [-0.2, -0.15) is 0 Å². The van der Waals surface area contributed by atoms with E-state index in [-0.39, 0.29) is 18.2 Å². The van der Waals surface area contributed by atoms with Gasteiger partial charge >= 0.3 is 0 Å². The van der Waals surface area contributed by atoms with E-state index in [4.69, 9.17) is 0 Å². The van der Waals surface area contributed by atoms with Crippen molar-refractivity contribution in [2.75, 3.05) is 23.4 Å². The number of aryl methyl sites for hydroxylation is 1. The predicted molar refractivity (Wildman–Crippen MR) is 98.3 cm³/mol. The average Bonchev–Trinajstić information content (AvgIpc) is 2.62. The summed E-state index contributed by atoms with van der Waals surface area (Å²) < 4.78 is 0. The van der Waals surface area contributed by atoms with Crippen molar-refractivity contribution < 1.29 is 9.59 Å². The van der Waals surface area contributed by atoms with E-state index >= 15 is 0 Å². The Bertz CT molecular complexity index is 681. The molecule has 0 radical (unpaired) electrons. The van der Waals surface area contributed by atoms with E-state index in [2.05, 4.69) is 6.92 Å². The zero-order valence-electron chi connectivity index (χ0n) is 14.5. The molecule has 0 aliphatic heterocycles. The van der Waals surface area contributed by atoms with Crippen LogP contribution in [0.2, 0.25) is 0 Å². The lowest BCUT2D eigenvalue weighted by Gasteiger charge is -2.23. The smallest absolute Gasteiger partial charge is 0.228 e. The molecule has 0 fully saturated rings. The second kappa shape index (κ2) is 8.29. The number of anilines is 2. The van der Waals surface area contributed by atoms with E-state index in [1.54, 1.807) is 16.8 Å². The van der Waals surface area contributed by atoms with Crippen LogP contribution in [0.1, 0.15) is 25.8 Å². The van der Waals surface area contributed by atoms with Gasteiger partial charge in [-0.05, 0) is 36.2 Å². The normalized spacial score (nSPS) is 10.3. The minimum atomic E-state index is -0.0607. The molecule has 2 aromatic rings. The number of carbonyl (C=O) groups is 2. The summed E-state index contributed by atoms with van der Waals surface area (Å²) in [6, 6.07) is 17.4. The first-order chi connectivity index (χ1) is 11.5. The predicted octanol–water partition coefficient (Wildman–Crippen LogP) is 3.66. The fourth-order valence-corrected chi connectivity index (χ4v) is 2.55. The topological polar surface area (TPSA) is 40.6 Å². The molecule has 0 aliphatic carbocycles. The van der Waals surface area contributed by atoms with Crippen LogP contribution in [-0.4, -0.2) is 25.4 Å². The molecule has 4 heteroatoms. The number of para-hydroxylation sites is 1. The molecule has 0 N–H and O–H groups in total. The molecule has 0 atom stereocenters. The summed E-state index contributed by atoms with van der Waals surface area (Å²) in [5, 5.41) is 0.